The van der Waals surface area contributed by atoms with Crippen molar-refractivity contribution in [3.8, 4) is 17.2 Å². The molecule has 0 unspecified atom stereocenters. The first-order valence-corrected chi connectivity index (χ1v) is 9.94. The number of amides is 4. The number of urea groups is 1. The number of rotatable bonds is 6. The molecule has 4 amide bonds. The zero-order valence-corrected chi connectivity index (χ0v) is 17.9. The standard InChI is InChI=1S/C21H19BrN2O6/c1-3-29-14-7-5-13(6-8-14)24-20(27)15(19(26)23-21(24)28)9-12-10-16(22)18(25)17(11-12)30-4-2/h5-11,25H,3-4H2,1-2H3,(H,23,26,28)/b15-9-. The normalized spacial score (nSPS) is 15.4. The van der Waals surface area contributed by atoms with E-state index in [4.69, 9.17) is 9.47 Å². The maximum absolute atomic E-state index is 13.0. The van der Waals surface area contributed by atoms with Gasteiger partial charge >= 0.3 is 6.03 Å². The molecule has 0 radical (unpaired) electrons. The molecule has 2 aromatic carbocycles. The van der Waals surface area contributed by atoms with Crippen LogP contribution in [0.1, 0.15) is 19.4 Å². The lowest BCUT2D eigenvalue weighted by molar-refractivity contribution is -0.122. The minimum Gasteiger partial charge on any atom is -0.503 e. The highest BCUT2D eigenvalue weighted by molar-refractivity contribution is 9.10. The zero-order valence-electron chi connectivity index (χ0n) is 16.3. The predicted octanol–water partition coefficient (Wildman–Crippen LogP) is 3.62. The van der Waals surface area contributed by atoms with Crippen LogP contribution in [-0.4, -0.2) is 36.2 Å². The second kappa shape index (κ2) is 9.00. The van der Waals surface area contributed by atoms with Gasteiger partial charge in [-0.3, -0.25) is 14.9 Å². The molecule has 1 saturated heterocycles. The van der Waals surface area contributed by atoms with Gasteiger partial charge < -0.3 is 14.6 Å². The molecule has 1 aliphatic heterocycles. The summed E-state index contributed by atoms with van der Waals surface area (Å²) in [6.45, 7) is 4.41. The third-order valence-electron chi connectivity index (χ3n) is 4.17. The van der Waals surface area contributed by atoms with E-state index in [1.54, 1.807) is 31.2 Å². The van der Waals surface area contributed by atoms with Gasteiger partial charge in [-0.15, -0.1) is 0 Å². The Morgan fingerprint density at radius 3 is 2.37 bits per heavy atom. The number of carbonyl (C=O) groups excluding carboxylic acids is 3. The summed E-state index contributed by atoms with van der Waals surface area (Å²) >= 11 is 3.22. The molecule has 1 fully saturated rings. The number of carbonyl (C=O) groups is 3. The molecule has 0 saturated carbocycles. The average molecular weight is 475 g/mol. The van der Waals surface area contributed by atoms with Crippen molar-refractivity contribution < 1.29 is 29.0 Å². The molecule has 9 heteroatoms. The molecule has 30 heavy (non-hydrogen) atoms. The molecule has 0 spiro atoms. The van der Waals surface area contributed by atoms with Gasteiger partial charge in [0.05, 0.1) is 23.4 Å². The van der Waals surface area contributed by atoms with Gasteiger partial charge in [0, 0.05) is 0 Å². The molecule has 0 aliphatic carbocycles. The number of phenolic OH excluding ortho intramolecular Hbond substituents is 1. The van der Waals surface area contributed by atoms with Crippen LogP contribution in [0.4, 0.5) is 10.5 Å². The van der Waals surface area contributed by atoms with Crippen LogP contribution in [0.15, 0.2) is 46.4 Å². The number of benzene rings is 2. The summed E-state index contributed by atoms with van der Waals surface area (Å²) in [5.74, 6) is -0.883. The van der Waals surface area contributed by atoms with Gasteiger partial charge in [-0.1, -0.05) is 0 Å². The molecule has 2 N–H and O–H groups in total. The van der Waals surface area contributed by atoms with E-state index in [0.717, 1.165) is 4.90 Å². The summed E-state index contributed by atoms with van der Waals surface area (Å²) < 4.78 is 11.1. The number of ether oxygens (including phenoxy) is 2. The molecule has 0 atom stereocenters. The molecular weight excluding hydrogens is 456 g/mol. The molecule has 3 rings (SSSR count). The number of hydrogen-bond donors (Lipinski definition) is 2. The van der Waals surface area contributed by atoms with E-state index < -0.39 is 17.8 Å². The molecule has 0 aromatic heterocycles. The molecule has 8 nitrogen and oxygen atoms in total. The van der Waals surface area contributed by atoms with Crippen molar-refractivity contribution >= 4 is 45.5 Å². The number of aromatic hydroxyl groups is 1. The number of phenols is 1. The minimum absolute atomic E-state index is 0.0929. The fraction of sp³-hybridized carbons (Fsp3) is 0.190. The van der Waals surface area contributed by atoms with Gasteiger partial charge in [0.15, 0.2) is 11.5 Å². The van der Waals surface area contributed by atoms with Crippen molar-refractivity contribution in [3.05, 3.63) is 52.0 Å². The summed E-state index contributed by atoms with van der Waals surface area (Å²) in [7, 11) is 0. The van der Waals surface area contributed by atoms with Crippen LogP contribution in [0.3, 0.4) is 0 Å². The molecule has 2 aromatic rings. The number of barbiturate groups is 1. The van der Waals surface area contributed by atoms with E-state index in [1.165, 1.54) is 18.2 Å². The van der Waals surface area contributed by atoms with E-state index in [9.17, 15) is 19.5 Å². The summed E-state index contributed by atoms with van der Waals surface area (Å²) in [6.07, 6.45) is 1.33. The molecule has 156 valence electrons. The van der Waals surface area contributed by atoms with Gasteiger partial charge in [-0.2, -0.15) is 0 Å². The van der Waals surface area contributed by atoms with Gasteiger partial charge in [0.1, 0.15) is 11.3 Å². The Hall–Kier alpha value is -3.33. The van der Waals surface area contributed by atoms with E-state index in [0.29, 0.717) is 34.7 Å². The second-order valence-electron chi connectivity index (χ2n) is 6.17. The highest BCUT2D eigenvalue weighted by Gasteiger charge is 2.36. The van der Waals surface area contributed by atoms with Crippen LogP contribution in [0.5, 0.6) is 17.2 Å². The van der Waals surface area contributed by atoms with E-state index in [-0.39, 0.29) is 17.1 Å². The molecular formula is C21H19BrN2O6. The Bertz CT molecular complexity index is 1030. The topological polar surface area (TPSA) is 105 Å². The number of anilines is 1. The maximum Gasteiger partial charge on any atom is 0.335 e. The van der Waals surface area contributed by atoms with Crippen molar-refractivity contribution in [2.24, 2.45) is 0 Å². The Morgan fingerprint density at radius 1 is 1.07 bits per heavy atom. The average Bonchev–Trinajstić information content (AvgIpc) is 2.70. The van der Waals surface area contributed by atoms with Gasteiger partial charge in [-0.25, -0.2) is 9.69 Å². The van der Waals surface area contributed by atoms with Crippen molar-refractivity contribution in [3.63, 3.8) is 0 Å². The smallest absolute Gasteiger partial charge is 0.335 e. The highest BCUT2D eigenvalue weighted by atomic mass is 79.9. The van der Waals surface area contributed by atoms with Gasteiger partial charge in [0.2, 0.25) is 0 Å². The van der Waals surface area contributed by atoms with E-state index >= 15 is 0 Å². The second-order valence-corrected chi connectivity index (χ2v) is 7.02. The number of nitrogens with one attached hydrogen (secondary N) is 1. The Morgan fingerprint density at radius 2 is 1.73 bits per heavy atom. The van der Waals surface area contributed by atoms with Gasteiger partial charge in [0.25, 0.3) is 11.8 Å². The summed E-state index contributed by atoms with van der Waals surface area (Å²) in [5, 5.41) is 12.2. The Kier molecular flexibility index (Phi) is 6.41. The molecule has 0 bridgehead atoms. The quantitative estimate of drug-likeness (QED) is 0.489. The first-order valence-electron chi connectivity index (χ1n) is 9.15. The number of imide groups is 2. The number of hydrogen-bond acceptors (Lipinski definition) is 6. The maximum atomic E-state index is 13.0. The van der Waals surface area contributed by atoms with Crippen LogP contribution < -0.4 is 19.7 Å². The highest BCUT2D eigenvalue weighted by Crippen LogP contribution is 2.36. The van der Waals surface area contributed by atoms with Gasteiger partial charge in [-0.05, 0) is 77.8 Å². The lowest BCUT2D eigenvalue weighted by Gasteiger charge is -2.26. The van der Waals surface area contributed by atoms with E-state index in [1.807, 2.05) is 6.92 Å². The molecule has 1 aliphatic rings. The first-order chi connectivity index (χ1) is 14.3. The Labute approximate surface area is 181 Å². The van der Waals surface area contributed by atoms with E-state index in [2.05, 4.69) is 21.2 Å². The SMILES string of the molecule is CCOc1ccc(N2C(=O)NC(=O)/C(=C/c3cc(Br)c(O)c(OCC)c3)C2=O)cc1. The Balaban J connectivity index is 1.98. The fourth-order valence-electron chi connectivity index (χ4n) is 2.86. The van der Waals surface area contributed by atoms with Crippen LogP contribution in [0, 0.1) is 0 Å². The third kappa shape index (κ3) is 4.30. The lowest BCUT2D eigenvalue weighted by Crippen LogP contribution is -2.54. The first kappa shape index (κ1) is 21.4. The van der Waals surface area contributed by atoms with Crippen molar-refractivity contribution in [1.82, 2.24) is 5.32 Å². The summed E-state index contributed by atoms with van der Waals surface area (Å²) in [4.78, 5) is 38.5. The third-order valence-corrected chi connectivity index (χ3v) is 4.77. The molecule has 1 heterocycles. The van der Waals surface area contributed by atoms with Crippen LogP contribution in [0.25, 0.3) is 6.08 Å². The monoisotopic (exact) mass is 474 g/mol. The summed E-state index contributed by atoms with van der Waals surface area (Å²) in [5.41, 5.74) is 0.493. The van der Waals surface area contributed by atoms with Crippen molar-refractivity contribution in [2.45, 2.75) is 13.8 Å². The fourth-order valence-corrected chi connectivity index (χ4v) is 3.32. The zero-order chi connectivity index (χ0) is 21.8. The van der Waals surface area contributed by atoms with Crippen molar-refractivity contribution in [2.75, 3.05) is 18.1 Å². The van der Waals surface area contributed by atoms with Crippen LogP contribution in [-0.2, 0) is 9.59 Å². The van der Waals surface area contributed by atoms with Crippen molar-refractivity contribution in [1.29, 1.82) is 0 Å². The predicted molar refractivity (Wildman–Crippen MR) is 114 cm³/mol. The number of halogens is 1. The van der Waals surface area contributed by atoms with Crippen LogP contribution in [0.2, 0.25) is 0 Å². The lowest BCUT2D eigenvalue weighted by atomic mass is 10.1. The number of nitrogens with zero attached hydrogens (tertiary/aromatic N) is 1. The summed E-state index contributed by atoms with van der Waals surface area (Å²) in [6, 6.07) is 8.56. The van der Waals surface area contributed by atoms with Crippen LogP contribution >= 0.6 is 15.9 Å². The largest absolute Gasteiger partial charge is 0.503 e. The minimum atomic E-state index is -0.840.